The smallest absolute Gasteiger partial charge is 0.131 e. The van der Waals surface area contributed by atoms with Crippen molar-refractivity contribution in [1.29, 1.82) is 0 Å². The Morgan fingerprint density at radius 3 is 2.79 bits per heavy atom. The van der Waals surface area contributed by atoms with Crippen LogP contribution in [0.15, 0.2) is 24.3 Å². The fourth-order valence-corrected chi connectivity index (χ4v) is 3.17. The molecule has 3 nitrogen and oxygen atoms in total. The van der Waals surface area contributed by atoms with E-state index in [4.69, 9.17) is 10.8 Å². The molecule has 3 heteroatoms. The highest BCUT2D eigenvalue weighted by Gasteiger charge is 2.33. The normalized spacial score (nSPS) is 17.2. The molecule has 1 aliphatic carbocycles. The Labute approximate surface area is 114 Å². The molecule has 19 heavy (non-hydrogen) atoms. The summed E-state index contributed by atoms with van der Waals surface area (Å²) in [6, 6.07) is 8.33. The van der Waals surface area contributed by atoms with Crippen LogP contribution in [0.3, 0.4) is 0 Å². The number of nitrogen functional groups attached to an aromatic ring is 1. The molecule has 0 fully saturated rings. The van der Waals surface area contributed by atoms with Gasteiger partial charge in [-0.25, -0.2) is 4.68 Å². The number of aryl methyl sites for hydroxylation is 2. The second kappa shape index (κ2) is 4.12. The van der Waals surface area contributed by atoms with E-state index in [0.29, 0.717) is 0 Å². The molecule has 0 saturated heterocycles. The zero-order chi connectivity index (χ0) is 13.6. The molecule has 1 aliphatic rings. The molecule has 0 radical (unpaired) electrons. The van der Waals surface area contributed by atoms with Crippen LogP contribution < -0.4 is 5.73 Å². The topological polar surface area (TPSA) is 43.8 Å². The van der Waals surface area contributed by atoms with E-state index < -0.39 is 0 Å². The predicted octanol–water partition coefficient (Wildman–Crippen LogP) is 3.38. The number of benzene rings is 1. The Bertz CT molecular complexity index is 623. The molecule has 0 unspecified atom stereocenters. The van der Waals surface area contributed by atoms with Gasteiger partial charge in [0.2, 0.25) is 0 Å². The van der Waals surface area contributed by atoms with Gasteiger partial charge in [0.25, 0.3) is 0 Å². The second-order valence-electron chi connectivity index (χ2n) is 6.20. The summed E-state index contributed by atoms with van der Waals surface area (Å²) in [5.74, 6) is 0.810. The van der Waals surface area contributed by atoms with E-state index in [0.717, 1.165) is 17.9 Å². The third-order valence-corrected chi connectivity index (χ3v) is 4.13. The molecule has 0 atom stereocenters. The van der Waals surface area contributed by atoms with Gasteiger partial charge >= 0.3 is 0 Å². The molecule has 1 heterocycles. The molecular formula is C16H21N3. The molecule has 0 spiro atoms. The van der Waals surface area contributed by atoms with Crippen LogP contribution in [0, 0.1) is 6.92 Å². The highest BCUT2D eigenvalue weighted by molar-refractivity contribution is 5.54. The summed E-state index contributed by atoms with van der Waals surface area (Å²) in [4.78, 5) is 0. The molecule has 1 aromatic carbocycles. The number of nitrogens with two attached hydrogens (primary N) is 1. The lowest BCUT2D eigenvalue weighted by Crippen LogP contribution is -2.24. The lowest BCUT2D eigenvalue weighted by Gasteiger charge is -2.29. The minimum Gasteiger partial charge on any atom is -0.383 e. The molecule has 0 bridgehead atoms. The first-order valence-electron chi connectivity index (χ1n) is 6.94. The van der Waals surface area contributed by atoms with Crippen molar-refractivity contribution in [3.05, 3.63) is 41.1 Å². The van der Waals surface area contributed by atoms with Gasteiger partial charge in [-0.1, -0.05) is 26.0 Å². The van der Waals surface area contributed by atoms with Crippen molar-refractivity contribution in [2.45, 2.75) is 45.4 Å². The number of fused-ring (bicyclic) bond motifs is 1. The van der Waals surface area contributed by atoms with Gasteiger partial charge in [0.1, 0.15) is 5.82 Å². The predicted molar refractivity (Wildman–Crippen MR) is 78.7 cm³/mol. The number of hydrogen-bond donors (Lipinski definition) is 1. The van der Waals surface area contributed by atoms with Gasteiger partial charge < -0.3 is 5.73 Å². The summed E-state index contributed by atoms with van der Waals surface area (Å²) in [7, 11) is 0. The first-order valence-corrected chi connectivity index (χ1v) is 6.94. The van der Waals surface area contributed by atoms with Crippen molar-refractivity contribution in [3.8, 4) is 5.69 Å². The number of rotatable bonds is 1. The van der Waals surface area contributed by atoms with Crippen LogP contribution in [0.4, 0.5) is 5.82 Å². The Morgan fingerprint density at radius 2 is 2.11 bits per heavy atom. The van der Waals surface area contributed by atoms with Crippen LogP contribution in [-0.4, -0.2) is 9.78 Å². The van der Waals surface area contributed by atoms with E-state index in [1.54, 1.807) is 0 Å². The first-order chi connectivity index (χ1) is 8.99. The maximum absolute atomic E-state index is 6.38. The standard InChI is InChI=1S/C16H21N3/c1-11-6-4-7-12(10-11)19-15(17)14-13(18-19)8-5-9-16(14,2)3/h4,6-7,10H,5,8-9,17H2,1-3H3. The summed E-state index contributed by atoms with van der Waals surface area (Å²) >= 11 is 0. The quantitative estimate of drug-likeness (QED) is 0.849. The van der Waals surface area contributed by atoms with Gasteiger partial charge in [-0.15, -0.1) is 0 Å². The SMILES string of the molecule is Cc1cccc(-n2nc3c(c2N)C(C)(C)CCC3)c1. The number of hydrogen-bond acceptors (Lipinski definition) is 2. The molecular weight excluding hydrogens is 234 g/mol. The van der Waals surface area contributed by atoms with Gasteiger partial charge in [-0.2, -0.15) is 5.10 Å². The highest BCUT2D eigenvalue weighted by Crippen LogP contribution is 2.40. The zero-order valence-corrected chi connectivity index (χ0v) is 11.9. The summed E-state index contributed by atoms with van der Waals surface area (Å²) in [5.41, 5.74) is 11.2. The van der Waals surface area contributed by atoms with E-state index in [2.05, 4.69) is 45.0 Å². The van der Waals surface area contributed by atoms with Crippen molar-refractivity contribution in [3.63, 3.8) is 0 Å². The van der Waals surface area contributed by atoms with Crippen molar-refractivity contribution in [2.24, 2.45) is 0 Å². The van der Waals surface area contributed by atoms with Crippen molar-refractivity contribution in [1.82, 2.24) is 9.78 Å². The third kappa shape index (κ3) is 1.93. The van der Waals surface area contributed by atoms with Crippen LogP contribution in [0.1, 0.15) is 43.5 Å². The highest BCUT2D eigenvalue weighted by atomic mass is 15.3. The lowest BCUT2D eigenvalue weighted by molar-refractivity contribution is 0.432. The maximum atomic E-state index is 6.38. The van der Waals surface area contributed by atoms with E-state index in [1.807, 2.05) is 4.68 Å². The van der Waals surface area contributed by atoms with E-state index in [-0.39, 0.29) is 5.41 Å². The summed E-state index contributed by atoms with van der Waals surface area (Å²) < 4.78 is 1.91. The Kier molecular flexibility index (Phi) is 2.66. The van der Waals surface area contributed by atoms with E-state index in [1.165, 1.54) is 29.7 Å². The van der Waals surface area contributed by atoms with Crippen LogP contribution >= 0.6 is 0 Å². The Morgan fingerprint density at radius 1 is 1.32 bits per heavy atom. The summed E-state index contributed by atoms with van der Waals surface area (Å²) in [6.45, 7) is 6.63. The van der Waals surface area contributed by atoms with Crippen molar-refractivity contribution < 1.29 is 0 Å². The molecule has 1 aromatic heterocycles. The molecule has 2 N–H and O–H groups in total. The van der Waals surface area contributed by atoms with Gasteiger partial charge in [0.05, 0.1) is 11.4 Å². The van der Waals surface area contributed by atoms with Crippen LogP contribution in [-0.2, 0) is 11.8 Å². The van der Waals surface area contributed by atoms with Gasteiger partial charge in [0.15, 0.2) is 0 Å². The van der Waals surface area contributed by atoms with E-state index in [9.17, 15) is 0 Å². The molecule has 0 aliphatic heterocycles. The minimum absolute atomic E-state index is 0.139. The monoisotopic (exact) mass is 255 g/mol. The molecule has 3 rings (SSSR count). The lowest BCUT2D eigenvalue weighted by atomic mass is 9.75. The molecule has 2 aromatic rings. The third-order valence-electron chi connectivity index (χ3n) is 4.13. The second-order valence-corrected chi connectivity index (χ2v) is 6.20. The van der Waals surface area contributed by atoms with E-state index >= 15 is 0 Å². The Balaban J connectivity index is 2.18. The zero-order valence-electron chi connectivity index (χ0n) is 11.9. The van der Waals surface area contributed by atoms with Crippen LogP contribution in [0.2, 0.25) is 0 Å². The van der Waals surface area contributed by atoms with Crippen LogP contribution in [0.5, 0.6) is 0 Å². The number of aromatic nitrogens is 2. The largest absolute Gasteiger partial charge is 0.383 e. The van der Waals surface area contributed by atoms with Gasteiger partial charge in [-0.05, 0) is 49.3 Å². The molecule has 0 amide bonds. The number of anilines is 1. The minimum atomic E-state index is 0.139. The number of nitrogens with zero attached hydrogens (tertiary/aromatic N) is 2. The van der Waals surface area contributed by atoms with Crippen molar-refractivity contribution in [2.75, 3.05) is 5.73 Å². The van der Waals surface area contributed by atoms with Gasteiger partial charge in [0, 0.05) is 5.56 Å². The van der Waals surface area contributed by atoms with Crippen LogP contribution in [0.25, 0.3) is 5.69 Å². The van der Waals surface area contributed by atoms with Gasteiger partial charge in [-0.3, -0.25) is 0 Å². The molecule has 100 valence electrons. The fraction of sp³-hybridized carbons (Fsp3) is 0.438. The average molecular weight is 255 g/mol. The average Bonchev–Trinajstić information content (AvgIpc) is 2.67. The maximum Gasteiger partial charge on any atom is 0.131 e. The summed E-state index contributed by atoms with van der Waals surface area (Å²) in [6.07, 6.45) is 3.43. The fourth-order valence-electron chi connectivity index (χ4n) is 3.17. The first kappa shape index (κ1) is 12.3. The molecule has 0 saturated carbocycles. The summed E-state index contributed by atoms with van der Waals surface area (Å²) in [5, 5.41) is 4.75. The Hall–Kier alpha value is -1.77. The van der Waals surface area contributed by atoms with Crippen molar-refractivity contribution >= 4 is 5.82 Å².